The summed E-state index contributed by atoms with van der Waals surface area (Å²) in [5.74, 6) is 1.43. The third-order valence-corrected chi connectivity index (χ3v) is 5.38. The third-order valence-electron chi connectivity index (χ3n) is 3.74. The molecule has 1 heterocycles. The van der Waals surface area contributed by atoms with Gasteiger partial charge in [-0.05, 0) is 57.7 Å². The summed E-state index contributed by atoms with van der Waals surface area (Å²) in [5.41, 5.74) is 5.35. The molecular weight excluding hydrogens is 387 g/mol. The van der Waals surface area contributed by atoms with Crippen LogP contribution in [0.1, 0.15) is 46.5 Å². The molecule has 5 heteroatoms. The normalized spacial score (nSPS) is 13.3. The van der Waals surface area contributed by atoms with Gasteiger partial charge in [0.1, 0.15) is 17.9 Å². The summed E-state index contributed by atoms with van der Waals surface area (Å²) in [5, 5.41) is 0. The van der Waals surface area contributed by atoms with Crippen molar-refractivity contribution in [1.29, 1.82) is 0 Å². The average Bonchev–Trinajstić information content (AvgIpc) is 2.83. The van der Waals surface area contributed by atoms with Crippen molar-refractivity contribution in [1.82, 2.24) is 0 Å². The maximum atomic E-state index is 12.0. The Bertz CT molecular complexity index is 529. The van der Waals surface area contributed by atoms with Gasteiger partial charge in [0.25, 0.3) is 0 Å². The number of esters is 1. The highest BCUT2D eigenvalue weighted by atomic mass is 127. The predicted octanol–water partition coefficient (Wildman–Crippen LogP) is 4.25. The molecule has 0 bridgehead atoms. The first-order valence-electron chi connectivity index (χ1n) is 6.86. The number of carbonyl (C=O) groups is 1. The molecule has 1 aromatic rings. The van der Waals surface area contributed by atoms with Crippen molar-refractivity contribution in [3.05, 3.63) is 27.8 Å². The van der Waals surface area contributed by atoms with Gasteiger partial charge in [-0.2, -0.15) is 0 Å². The molecule has 0 unspecified atom stereocenters. The molecule has 0 fully saturated rings. The number of hydrogen-bond acceptors (Lipinski definition) is 4. The molecule has 0 N–H and O–H groups in total. The molecule has 1 aliphatic rings. The van der Waals surface area contributed by atoms with Gasteiger partial charge in [-0.15, -0.1) is 0 Å². The van der Waals surface area contributed by atoms with E-state index in [9.17, 15) is 4.79 Å². The van der Waals surface area contributed by atoms with E-state index in [4.69, 9.17) is 9.47 Å². The van der Waals surface area contributed by atoms with Crippen molar-refractivity contribution in [3.63, 3.8) is 0 Å². The average molecular weight is 406 g/mol. The zero-order chi connectivity index (χ0) is 14.7. The second-order valence-corrected chi connectivity index (χ2v) is 7.20. The lowest BCUT2D eigenvalue weighted by molar-refractivity contribution is 0.0532. The Hall–Kier alpha value is -0.430. The number of rotatable bonds is 6. The first-order valence-corrected chi connectivity index (χ1v) is 10.4. The summed E-state index contributed by atoms with van der Waals surface area (Å²) in [7, 11) is 1.71. The Kier molecular flexibility index (Phi) is 5.60. The Morgan fingerprint density at radius 3 is 2.60 bits per heavy atom. The molecule has 1 aliphatic heterocycles. The maximum absolute atomic E-state index is 12.0. The number of cyclic esters (lactones) is 1. The number of benzene rings is 1. The molecule has 2 rings (SSSR count). The van der Waals surface area contributed by atoms with E-state index in [0.29, 0.717) is 18.8 Å². The van der Waals surface area contributed by atoms with E-state index in [1.165, 1.54) is 16.7 Å². The standard InChI is InChI=1S/C15H19IO3S/c1-4-10-9(3)12-8-19-15(17)13(12)14(11(10)5-2)18-6-7-20-16/h4-8H2,1-3H3. The van der Waals surface area contributed by atoms with Gasteiger partial charge in [0, 0.05) is 11.3 Å². The van der Waals surface area contributed by atoms with E-state index in [1.54, 1.807) is 8.93 Å². The van der Waals surface area contributed by atoms with Crippen LogP contribution in [0.25, 0.3) is 0 Å². The minimum Gasteiger partial charge on any atom is -0.491 e. The van der Waals surface area contributed by atoms with E-state index in [2.05, 4.69) is 42.0 Å². The molecule has 0 radical (unpaired) electrons. The summed E-state index contributed by atoms with van der Waals surface area (Å²) >= 11 is 2.25. The number of halogens is 1. The fourth-order valence-electron chi connectivity index (χ4n) is 2.81. The molecule has 1 aromatic carbocycles. The van der Waals surface area contributed by atoms with Gasteiger partial charge in [-0.1, -0.05) is 22.8 Å². The molecule has 0 saturated carbocycles. The molecule has 110 valence electrons. The number of fused-ring (bicyclic) bond motifs is 1. The fraction of sp³-hybridized carbons (Fsp3) is 0.533. The van der Waals surface area contributed by atoms with Gasteiger partial charge in [0.15, 0.2) is 0 Å². The molecule has 0 aliphatic carbocycles. The number of carbonyl (C=O) groups excluding carboxylic acids is 1. The topological polar surface area (TPSA) is 35.5 Å². The lowest BCUT2D eigenvalue weighted by Gasteiger charge is -2.19. The first kappa shape index (κ1) is 15.9. The second kappa shape index (κ2) is 7.02. The highest BCUT2D eigenvalue weighted by Crippen LogP contribution is 2.39. The van der Waals surface area contributed by atoms with E-state index in [0.717, 1.165) is 29.9 Å². The molecule has 0 aromatic heterocycles. The summed E-state index contributed by atoms with van der Waals surface area (Å²) in [6.45, 7) is 7.35. The summed E-state index contributed by atoms with van der Waals surface area (Å²) in [6.07, 6.45) is 1.82. The van der Waals surface area contributed by atoms with Crippen LogP contribution in [0.5, 0.6) is 5.75 Å². The second-order valence-electron chi connectivity index (χ2n) is 4.71. The Labute approximate surface area is 136 Å². The van der Waals surface area contributed by atoms with Crippen molar-refractivity contribution in [2.75, 3.05) is 12.4 Å². The van der Waals surface area contributed by atoms with Crippen molar-refractivity contribution < 1.29 is 14.3 Å². The number of hydrogen-bond donors (Lipinski definition) is 0. The van der Waals surface area contributed by atoms with Crippen LogP contribution in [0.15, 0.2) is 0 Å². The monoisotopic (exact) mass is 406 g/mol. The van der Waals surface area contributed by atoms with Crippen molar-refractivity contribution in [2.24, 2.45) is 0 Å². The fourth-order valence-corrected chi connectivity index (χ4v) is 3.50. The Morgan fingerprint density at radius 1 is 1.30 bits per heavy atom. The smallest absolute Gasteiger partial charge is 0.342 e. The molecule has 0 amide bonds. The molecule has 0 saturated heterocycles. The van der Waals surface area contributed by atoms with Crippen molar-refractivity contribution in [3.8, 4) is 5.75 Å². The summed E-state index contributed by atoms with van der Waals surface area (Å²) in [4.78, 5) is 12.0. The van der Waals surface area contributed by atoms with Crippen LogP contribution >= 0.6 is 30.1 Å². The van der Waals surface area contributed by atoms with E-state index in [1.807, 2.05) is 0 Å². The predicted molar refractivity (Wildman–Crippen MR) is 91.0 cm³/mol. The van der Waals surface area contributed by atoms with Crippen molar-refractivity contribution >= 4 is 36.1 Å². The van der Waals surface area contributed by atoms with Gasteiger partial charge < -0.3 is 9.47 Å². The van der Waals surface area contributed by atoms with Gasteiger partial charge in [0.2, 0.25) is 0 Å². The van der Waals surface area contributed by atoms with Gasteiger partial charge in [0.05, 0.1) is 6.61 Å². The lowest BCUT2D eigenvalue weighted by Crippen LogP contribution is -2.11. The molecule has 0 spiro atoms. The third kappa shape index (κ3) is 2.79. The minimum absolute atomic E-state index is 0.238. The molecular formula is C15H19IO3S. The van der Waals surface area contributed by atoms with E-state index < -0.39 is 0 Å². The zero-order valence-corrected chi connectivity index (χ0v) is 15.0. The van der Waals surface area contributed by atoms with Gasteiger partial charge in [-0.25, -0.2) is 4.79 Å². The highest BCUT2D eigenvalue weighted by molar-refractivity contribution is 14.2. The van der Waals surface area contributed by atoms with Crippen LogP contribution in [0.4, 0.5) is 0 Å². The SMILES string of the molecule is CCc1c(C)c2c(c(OCCSI)c1CC)C(=O)OC2. The van der Waals surface area contributed by atoms with Gasteiger partial charge >= 0.3 is 5.97 Å². The van der Waals surface area contributed by atoms with Crippen LogP contribution in [0.2, 0.25) is 0 Å². The lowest BCUT2D eigenvalue weighted by atomic mass is 9.89. The zero-order valence-electron chi connectivity index (χ0n) is 12.0. The van der Waals surface area contributed by atoms with Crippen LogP contribution in [0, 0.1) is 6.92 Å². The van der Waals surface area contributed by atoms with Crippen LogP contribution in [-0.2, 0) is 24.2 Å². The number of ether oxygens (including phenoxy) is 2. The highest BCUT2D eigenvalue weighted by Gasteiger charge is 2.31. The van der Waals surface area contributed by atoms with Crippen LogP contribution < -0.4 is 4.74 Å². The largest absolute Gasteiger partial charge is 0.491 e. The molecule has 0 atom stereocenters. The Morgan fingerprint density at radius 2 is 2.00 bits per heavy atom. The summed E-state index contributed by atoms with van der Waals surface area (Å²) in [6, 6.07) is 0. The van der Waals surface area contributed by atoms with Crippen molar-refractivity contribution in [2.45, 2.75) is 40.2 Å². The van der Waals surface area contributed by atoms with E-state index >= 15 is 0 Å². The molecule has 20 heavy (non-hydrogen) atoms. The Balaban J connectivity index is 2.56. The maximum Gasteiger partial charge on any atom is 0.342 e. The quantitative estimate of drug-likeness (QED) is 0.402. The van der Waals surface area contributed by atoms with Gasteiger partial charge in [-0.3, -0.25) is 0 Å². The minimum atomic E-state index is -0.238. The molecule has 3 nitrogen and oxygen atoms in total. The summed E-state index contributed by atoms with van der Waals surface area (Å²) < 4.78 is 11.2. The van der Waals surface area contributed by atoms with Crippen LogP contribution in [-0.4, -0.2) is 18.3 Å². The first-order chi connectivity index (χ1) is 9.65. The van der Waals surface area contributed by atoms with Crippen LogP contribution in [0.3, 0.4) is 0 Å². The van der Waals surface area contributed by atoms with E-state index in [-0.39, 0.29) is 5.97 Å².